The Balaban J connectivity index is 2.77. The van der Waals surface area contributed by atoms with Gasteiger partial charge >= 0.3 is 0 Å². The molecule has 0 aliphatic heterocycles. The molecule has 1 rings (SSSR count). The zero-order valence-corrected chi connectivity index (χ0v) is 11.3. The van der Waals surface area contributed by atoms with E-state index in [1.165, 1.54) is 6.07 Å². The summed E-state index contributed by atoms with van der Waals surface area (Å²) < 4.78 is 40.9. The number of halogens is 1. The molecule has 1 aromatic carbocycles. The van der Waals surface area contributed by atoms with E-state index in [0.717, 1.165) is 25.0 Å². The Morgan fingerprint density at radius 1 is 1.39 bits per heavy atom. The van der Waals surface area contributed by atoms with Crippen LogP contribution >= 0.6 is 0 Å². The number of ether oxygens (including phenoxy) is 1. The third-order valence-electron chi connectivity index (χ3n) is 2.40. The molecule has 0 heterocycles. The Hall–Kier alpha value is -1.14. The first-order valence-electron chi connectivity index (χ1n) is 5.76. The van der Waals surface area contributed by atoms with Gasteiger partial charge in [-0.1, -0.05) is 13.8 Å². The molecule has 102 valence electrons. The summed E-state index contributed by atoms with van der Waals surface area (Å²) >= 11 is 0. The summed E-state index contributed by atoms with van der Waals surface area (Å²) in [6.07, 6.45) is 1.78. The van der Waals surface area contributed by atoms with Crippen LogP contribution in [-0.4, -0.2) is 15.0 Å². The summed E-state index contributed by atoms with van der Waals surface area (Å²) in [6, 6.07) is 3.30. The van der Waals surface area contributed by atoms with Crippen LogP contribution in [0.1, 0.15) is 26.7 Å². The highest BCUT2D eigenvalue weighted by Gasteiger charge is 2.16. The van der Waals surface area contributed by atoms with E-state index in [1.54, 1.807) is 0 Å². The number of rotatable bonds is 6. The van der Waals surface area contributed by atoms with Crippen molar-refractivity contribution in [2.45, 2.75) is 31.6 Å². The molecule has 0 unspecified atom stereocenters. The van der Waals surface area contributed by atoms with Crippen LogP contribution in [0, 0.1) is 11.7 Å². The molecule has 0 saturated heterocycles. The molecule has 0 aliphatic carbocycles. The van der Waals surface area contributed by atoms with Gasteiger partial charge in [-0.3, -0.25) is 0 Å². The molecule has 4 nitrogen and oxygen atoms in total. The lowest BCUT2D eigenvalue weighted by molar-refractivity contribution is 0.290. The normalized spacial score (nSPS) is 11.8. The first-order chi connectivity index (χ1) is 8.30. The summed E-state index contributed by atoms with van der Waals surface area (Å²) in [5.41, 5.74) is 0. The Bertz CT molecular complexity index is 500. The van der Waals surface area contributed by atoms with Gasteiger partial charge in [-0.2, -0.15) is 0 Å². The van der Waals surface area contributed by atoms with Crippen molar-refractivity contribution < 1.29 is 17.5 Å². The SMILES string of the molecule is CC(C)CCCOc1ccc(F)cc1S(N)(=O)=O. The molecule has 18 heavy (non-hydrogen) atoms. The number of sulfonamides is 1. The van der Waals surface area contributed by atoms with Gasteiger partial charge in [0.1, 0.15) is 16.5 Å². The fraction of sp³-hybridized carbons (Fsp3) is 0.500. The summed E-state index contributed by atoms with van der Waals surface area (Å²) in [5.74, 6) is -0.00394. The molecule has 0 bridgehead atoms. The Labute approximate surface area is 107 Å². The fourth-order valence-electron chi connectivity index (χ4n) is 1.50. The van der Waals surface area contributed by atoms with Gasteiger partial charge in [-0.15, -0.1) is 0 Å². The van der Waals surface area contributed by atoms with Gasteiger partial charge in [0.2, 0.25) is 10.0 Å². The molecule has 0 fully saturated rings. The molecule has 0 spiro atoms. The van der Waals surface area contributed by atoms with Crippen molar-refractivity contribution in [1.82, 2.24) is 0 Å². The third kappa shape index (κ3) is 4.62. The molecule has 0 radical (unpaired) electrons. The fourth-order valence-corrected chi connectivity index (χ4v) is 2.18. The van der Waals surface area contributed by atoms with Crippen LogP contribution in [-0.2, 0) is 10.0 Å². The van der Waals surface area contributed by atoms with Gasteiger partial charge < -0.3 is 4.74 Å². The van der Waals surface area contributed by atoms with Crippen LogP contribution in [0.25, 0.3) is 0 Å². The Morgan fingerprint density at radius 3 is 2.61 bits per heavy atom. The number of hydrogen-bond acceptors (Lipinski definition) is 3. The molecular weight excluding hydrogens is 257 g/mol. The van der Waals surface area contributed by atoms with E-state index in [2.05, 4.69) is 13.8 Å². The maximum absolute atomic E-state index is 13.0. The molecule has 0 amide bonds. The monoisotopic (exact) mass is 275 g/mol. The van der Waals surface area contributed by atoms with Crippen LogP contribution in [0.2, 0.25) is 0 Å². The summed E-state index contributed by atoms with van der Waals surface area (Å²) in [5, 5.41) is 5.00. The number of hydrogen-bond donors (Lipinski definition) is 1. The lowest BCUT2D eigenvalue weighted by Gasteiger charge is -2.11. The Morgan fingerprint density at radius 2 is 2.06 bits per heavy atom. The van der Waals surface area contributed by atoms with Crippen LogP contribution in [0.3, 0.4) is 0 Å². The maximum atomic E-state index is 13.0. The van der Waals surface area contributed by atoms with Crippen molar-refractivity contribution in [3.8, 4) is 5.75 Å². The van der Waals surface area contributed by atoms with Crippen molar-refractivity contribution in [2.24, 2.45) is 11.1 Å². The molecular formula is C12H18FNO3S. The van der Waals surface area contributed by atoms with Gasteiger partial charge in [0.25, 0.3) is 0 Å². The molecule has 1 aromatic rings. The largest absolute Gasteiger partial charge is 0.492 e. The molecule has 0 saturated carbocycles. The maximum Gasteiger partial charge on any atom is 0.241 e. The van der Waals surface area contributed by atoms with Crippen molar-refractivity contribution >= 4 is 10.0 Å². The van der Waals surface area contributed by atoms with Crippen molar-refractivity contribution in [2.75, 3.05) is 6.61 Å². The van der Waals surface area contributed by atoms with E-state index in [9.17, 15) is 12.8 Å². The third-order valence-corrected chi connectivity index (χ3v) is 3.33. The molecule has 6 heteroatoms. The van der Waals surface area contributed by atoms with Crippen LogP contribution in [0.5, 0.6) is 5.75 Å². The van der Waals surface area contributed by atoms with E-state index in [1.807, 2.05) is 0 Å². The molecule has 0 atom stereocenters. The van der Waals surface area contributed by atoms with Gasteiger partial charge in [0, 0.05) is 0 Å². The second-order valence-corrected chi connectivity index (χ2v) is 6.05. The second kappa shape index (κ2) is 6.15. The summed E-state index contributed by atoms with van der Waals surface area (Å²) in [6.45, 7) is 4.56. The van der Waals surface area contributed by atoms with Crippen LogP contribution < -0.4 is 9.88 Å². The van der Waals surface area contributed by atoms with Gasteiger partial charge in [-0.25, -0.2) is 17.9 Å². The number of nitrogens with two attached hydrogens (primary N) is 1. The first kappa shape index (κ1) is 14.9. The zero-order valence-electron chi connectivity index (χ0n) is 10.5. The predicted molar refractivity (Wildman–Crippen MR) is 67.3 cm³/mol. The predicted octanol–water partition coefficient (Wildman–Crippen LogP) is 2.29. The van der Waals surface area contributed by atoms with Crippen molar-refractivity contribution in [3.63, 3.8) is 0 Å². The molecule has 2 N–H and O–H groups in total. The van der Waals surface area contributed by atoms with Crippen molar-refractivity contribution in [3.05, 3.63) is 24.0 Å². The summed E-state index contributed by atoms with van der Waals surface area (Å²) in [7, 11) is -3.97. The lowest BCUT2D eigenvalue weighted by atomic mass is 10.1. The number of primary sulfonamides is 1. The van der Waals surface area contributed by atoms with E-state index < -0.39 is 15.8 Å². The quantitative estimate of drug-likeness (QED) is 0.810. The summed E-state index contributed by atoms with van der Waals surface area (Å²) in [4.78, 5) is -0.313. The minimum atomic E-state index is -3.97. The highest BCUT2D eigenvalue weighted by Crippen LogP contribution is 2.23. The van der Waals surface area contributed by atoms with E-state index >= 15 is 0 Å². The molecule has 0 aliphatic rings. The van der Waals surface area contributed by atoms with Gasteiger partial charge in [0.05, 0.1) is 6.61 Å². The second-order valence-electron chi connectivity index (χ2n) is 4.52. The number of benzene rings is 1. The first-order valence-corrected chi connectivity index (χ1v) is 7.30. The standard InChI is InChI=1S/C12H18FNO3S/c1-9(2)4-3-7-17-11-6-5-10(13)8-12(11)18(14,15)16/h5-6,8-9H,3-4,7H2,1-2H3,(H2,14,15,16). The minimum absolute atomic E-state index is 0.0997. The smallest absolute Gasteiger partial charge is 0.241 e. The average molecular weight is 275 g/mol. The Kier molecular flexibility index (Phi) is 5.10. The highest BCUT2D eigenvalue weighted by atomic mass is 32.2. The topological polar surface area (TPSA) is 69.4 Å². The zero-order chi connectivity index (χ0) is 13.8. The minimum Gasteiger partial charge on any atom is -0.492 e. The van der Waals surface area contributed by atoms with Crippen molar-refractivity contribution in [1.29, 1.82) is 0 Å². The lowest BCUT2D eigenvalue weighted by Crippen LogP contribution is -2.14. The highest BCUT2D eigenvalue weighted by molar-refractivity contribution is 7.89. The van der Waals surface area contributed by atoms with Gasteiger partial charge in [0.15, 0.2) is 0 Å². The van der Waals surface area contributed by atoms with E-state index in [0.29, 0.717) is 12.5 Å². The molecule has 0 aromatic heterocycles. The van der Waals surface area contributed by atoms with E-state index in [4.69, 9.17) is 9.88 Å². The van der Waals surface area contributed by atoms with E-state index in [-0.39, 0.29) is 10.6 Å². The van der Waals surface area contributed by atoms with Gasteiger partial charge in [-0.05, 0) is 37.0 Å². The van der Waals surface area contributed by atoms with Crippen LogP contribution in [0.15, 0.2) is 23.1 Å². The average Bonchev–Trinajstić information content (AvgIpc) is 2.24. The van der Waals surface area contributed by atoms with Crippen LogP contribution in [0.4, 0.5) is 4.39 Å².